The summed E-state index contributed by atoms with van der Waals surface area (Å²) in [5.41, 5.74) is -0.203. The van der Waals surface area contributed by atoms with Crippen LogP contribution in [0.1, 0.15) is 32.8 Å². The van der Waals surface area contributed by atoms with E-state index in [2.05, 4.69) is 0 Å². The normalized spacial score (nSPS) is 17.9. The number of ketones is 2. The minimum Gasteiger partial charge on any atom is -0.511 e. The van der Waals surface area contributed by atoms with Gasteiger partial charge in [-0.3, -0.25) is 9.59 Å². The van der Waals surface area contributed by atoms with Gasteiger partial charge in [-0.1, -0.05) is 30.3 Å². The van der Waals surface area contributed by atoms with E-state index in [1.807, 2.05) is 30.3 Å². The third kappa shape index (κ3) is 2.69. The predicted molar refractivity (Wildman–Crippen MR) is 83.5 cm³/mol. The number of aliphatic hydroxyl groups is 2. The molecule has 0 aliphatic heterocycles. The number of carbonyl (C=O) groups is 2. The molecule has 4 nitrogen and oxygen atoms in total. The molecular formula is C18H20O4. The van der Waals surface area contributed by atoms with Crippen molar-refractivity contribution < 1.29 is 19.8 Å². The third-order valence-electron chi connectivity index (χ3n) is 4.10. The van der Waals surface area contributed by atoms with E-state index in [0.717, 1.165) is 5.56 Å². The number of aryl methyl sites for hydroxylation is 1. The van der Waals surface area contributed by atoms with Crippen LogP contribution in [0.5, 0.6) is 0 Å². The topological polar surface area (TPSA) is 74.6 Å². The molecule has 0 radical (unpaired) electrons. The van der Waals surface area contributed by atoms with E-state index in [1.54, 1.807) is 13.8 Å². The maximum atomic E-state index is 12.4. The van der Waals surface area contributed by atoms with Gasteiger partial charge in [-0.05, 0) is 32.8 Å². The quantitative estimate of drug-likeness (QED) is 0.835. The molecule has 0 amide bonds. The maximum Gasteiger partial charge on any atom is 0.183 e. The molecule has 0 atom stereocenters. The Morgan fingerprint density at radius 2 is 1.73 bits per heavy atom. The summed E-state index contributed by atoms with van der Waals surface area (Å²) in [7, 11) is 0. The smallest absolute Gasteiger partial charge is 0.183 e. The van der Waals surface area contributed by atoms with Crippen molar-refractivity contribution in [3.63, 3.8) is 0 Å². The number of rotatable bonds is 4. The van der Waals surface area contributed by atoms with Crippen LogP contribution < -0.4 is 0 Å². The van der Waals surface area contributed by atoms with Crippen LogP contribution in [0.25, 0.3) is 0 Å². The summed E-state index contributed by atoms with van der Waals surface area (Å²) < 4.78 is 0. The lowest BCUT2D eigenvalue weighted by Crippen LogP contribution is -2.36. The Balaban J connectivity index is 2.26. The van der Waals surface area contributed by atoms with Crippen LogP contribution in [0.3, 0.4) is 0 Å². The molecule has 1 aromatic carbocycles. The van der Waals surface area contributed by atoms with Crippen LogP contribution in [0.4, 0.5) is 0 Å². The molecule has 1 aromatic rings. The van der Waals surface area contributed by atoms with Gasteiger partial charge in [0.1, 0.15) is 17.1 Å². The standard InChI is InChI=1S/C18H20O4/c1-11-15(20)14(17(22)18(2,3)16(11)21)13(19)10-9-12-7-5-4-6-8-12/h4-8,20-21H,9-10H2,1-3H3. The zero-order valence-electron chi connectivity index (χ0n) is 13.0. The van der Waals surface area contributed by atoms with Crippen LogP contribution >= 0.6 is 0 Å². The van der Waals surface area contributed by atoms with Crippen molar-refractivity contribution in [2.24, 2.45) is 5.41 Å². The Morgan fingerprint density at radius 1 is 1.14 bits per heavy atom. The number of hydrogen-bond donors (Lipinski definition) is 2. The molecule has 0 saturated heterocycles. The molecule has 0 bridgehead atoms. The fraction of sp³-hybridized carbons (Fsp3) is 0.333. The van der Waals surface area contributed by atoms with Crippen molar-refractivity contribution in [1.29, 1.82) is 0 Å². The van der Waals surface area contributed by atoms with Crippen molar-refractivity contribution in [2.45, 2.75) is 33.6 Å². The van der Waals surface area contributed by atoms with E-state index in [0.29, 0.717) is 6.42 Å². The molecule has 4 heteroatoms. The molecule has 116 valence electrons. The number of Topliss-reactive ketones (excluding diaryl/α,β-unsaturated/α-hetero) is 2. The van der Waals surface area contributed by atoms with E-state index in [-0.39, 0.29) is 23.3 Å². The minimum atomic E-state index is -1.19. The van der Waals surface area contributed by atoms with E-state index in [1.165, 1.54) is 6.92 Å². The van der Waals surface area contributed by atoms with Crippen LogP contribution in [0, 0.1) is 5.41 Å². The van der Waals surface area contributed by atoms with Gasteiger partial charge in [0.25, 0.3) is 0 Å². The van der Waals surface area contributed by atoms with Crippen LogP contribution in [0.15, 0.2) is 53.0 Å². The summed E-state index contributed by atoms with van der Waals surface area (Å²) >= 11 is 0. The van der Waals surface area contributed by atoms with Crippen LogP contribution in [-0.4, -0.2) is 21.8 Å². The second-order valence-electron chi connectivity index (χ2n) is 6.06. The monoisotopic (exact) mass is 300 g/mol. The Kier molecular flexibility index (Phi) is 4.22. The van der Waals surface area contributed by atoms with Gasteiger partial charge in [0, 0.05) is 12.0 Å². The second kappa shape index (κ2) is 5.79. The zero-order valence-corrected chi connectivity index (χ0v) is 13.0. The first-order valence-electron chi connectivity index (χ1n) is 7.22. The fourth-order valence-electron chi connectivity index (χ4n) is 2.58. The minimum absolute atomic E-state index is 0.138. The van der Waals surface area contributed by atoms with E-state index >= 15 is 0 Å². The zero-order chi connectivity index (χ0) is 16.5. The molecule has 1 aliphatic carbocycles. The van der Waals surface area contributed by atoms with Crippen molar-refractivity contribution >= 4 is 11.6 Å². The van der Waals surface area contributed by atoms with Gasteiger partial charge in [-0.25, -0.2) is 0 Å². The summed E-state index contributed by atoms with van der Waals surface area (Å²) in [6.07, 6.45) is 0.637. The first-order valence-corrected chi connectivity index (χ1v) is 7.22. The maximum absolute atomic E-state index is 12.4. The highest BCUT2D eigenvalue weighted by Gasteiger charge is 2.43. The van der Waals surface area contributed by atoms with Gasteiger partial charge in [-0.2, -0.15) is 0 Å². The number of benzene rings is 1. The number of allylic oxidation sites excluding steroid dienone is 3. The molecule has 1 aliphatic rings. The van der Waals surface area contributed by atoms with Crippen molar-refractivity contribution in [2.75, 3.05) is 0 Å². The Morgan fingerprint density at radius 3 is 2.32 bits per heavy atom. The molecule has 0 fully saturated rings. The molecule has 2 N–H and O–H groups in total. The van der Waals surface area contributed by atoms with Crippen molar-refractivity contribution in [3.05, 3.63) is 58.6 Å². The summed E-state index contributed by atoms with van der Waals surface area (Å²) in [5.74, 6) is -1.52. The largest absolute Gasteiger partial charge is 0.511 e. The second-order valence-corrected chi connectivity index (χ2v) is 6.06. The number of carbonyl (C=O) groups excluding carboxylic acids is 2. The fourth-order valence-corrected chi connectivity index (χ4v) is 2.58. The lowest BCUT2D eigenvalue weighted by Gasteiger charge is -2.29. The highest BCUT2D eigenvalue weighted by Crippen LogP contribution is 2.38. The molecule has 0 heterocycles. The molecule has 0 saturated carbocycles. The lowest BCUT2D eigenvalue weighted by molar-refractivity contribution is -0.127. The summed E-state index contributed by atoms with van der Waals surface area (Å²) in [6.45, 7) is 4.60. The van der Waals surface area contributed by atoms with Crippen LogP contribution in [0.2, 0.25) is 0 Å². The van der Waals surface area contributed by atoms with Crippen molar-refractivity contribution in [3.8, 4) is 0 Å². The predicted octanol–water partition coefficient (Wildman–Crippen LogP) is 3.44. The number of hydrogen-bond acceptors (Lipinski definition) is 4. The van der Waals surface area contributed by atoms with Gasteiger partial charge in [0.2, 0.25) is 0 Å². The summed E-state index contributed by atoms with van der Waals surface area (Å²) in [5, 5.41) is 20.1. The van der Waals surface area contributed by atoms with E-state index in [9.17, 15) is 19.8 Å². The molecular weight excluding hydrogens is 280 g/mol. The molecule has 0 aromatic heterocycles. The first-order chi connectivity index (χ1) is 10.3. The highest BCUT2D eigenvalue weighted by atomic mass is 16.3. The van der Waals surface area contributed by atoms with Gasteiger partial charge in [0.05, 0.1) is 5.41 Å². The average Bonchev–Trinajstić information content (AvgIpc) is 2.51. The van der Waals surface area contributed by atoms with E-state index < -0.39 is 22.7 Å². The Labute approximate surface area is 129 Å². The van der Waals surface area contributed by atoms with Gasteiger partial charge in [0.15, 0.2) is 11.6 Å². The first kappa shape index (κ1) is 16.0. The Bertz CT molecular complexity index is 678. The summed E-state index contributed by atoms with van der Waals surface area (Å²) in [6, 6.07) is 9.48. The average molecular weight is 300 g/mol. The highest BCUT2D eigenvalue weighted by molar-refractivity contribution is 6.24. The third-order valence-corrected chi connectivity index (χ3v) is 4.10. The molecule has 0 unspecified atom stereocenters. The van der Waals surface area contributed by atoms with Crippen LogP contribution in [-0.2, 0) is 16.0 Å². The van der Waals surface area contributed by atoms with Gasteiger partial charge in [-0.15, -0.1) is 0 Å². The molecule has 22 heavy (non-hydrogen) atoms. The number of aliphatic hydroxyl groups excluding tert-OH is 2. The summed E-state index contributed by atoms with van der Waals surface area (Å²) in [4.78, 5) is 24.8. The van der Waals surface area contributed by atoms with E-state index in [4.69, 9.17) is 0 Å². The van der Waals surface area contributed by atoms with Gasteiger partial charge >= 0.3 is 0 Å². The molecule has 0 spiro atoms. The Hall–Kier alpha value is -2.36. The SMILES string of the molecule is CC1=C(O)C(C)(C)C(=O)C(C(=O)CCc2ccccc2)=C1O. The van der Waals surface area contributed by atoms with Crippen molar-refractivity contribution in [1.82, 2.24) is 0 Å². The lowest BCUT2D eigenvalue weighted by atomic mass is 9.74. The van der Waals surface area contributed by atoms with Gasteiger partial charge < -0.3 is 10.2 Å². The molecule has 2 rings (SSSR count).